The molecule has 0 spiro atoms. The number of amides is 1. The second kappa shape index (κ2) is 5.50. The third kappa shape index (κ3) is 3.48. The number of halogens is 1. The van der Waals surface area contributed by atoms with Crippen LogP contribution in [0.25, 0.3) is 0 Å². The van der Waals surface area contributed by atoms with Crippen LogP contribution in [0.1, 0.15) is 16.8 Å². The van der Waals surface area contributed by atoms with Gasteiger partial charge in [-0.25, -0.2) is 8.42 Å². The largest absolute Gasteiger partial charge is 0.398 e. The Morgan fingerprint density at radius 3 is 2.74 bits per heavy atom. The molecule has 0 unspecified atom stereocenters. The van der Waals surface area contributed by atoms with Gasteiger partial charge in [0.25, 0.3) is 5.91 Å². The summed E-state index contributed by atoms with van der Waals surface area (Å²) in [5.74, 6) is -0.0480. The maximum Gasteiger partial charge on any atom is 0.256 e. The van der Waals surface area contributed by atoms with Crippen LogP contribution in [0.2, 0.25) is 0 Å². The topological polar surface area (TPSA) is 80.5 Å². The van der Waals surface area contributed by atoms with Gasteiger partial charge in [0.1, 0.15) is 0 Å². The van der Waals surface area contributed by atoms with Gasteiger partial charge in [-0.1, -0.05) is 15.9 Å². The van der Waals surface area contributed by atoms with E-state index in [4.69, 9.17) is 5.73 Å². The number of sulfone groups is 1. The van der Waals surface area contributed by atoms with Gasteiger partial charge in [0.15, 0.2) is 9.84 Å². The lowest BCUT2D eigenvalue weighted by atomic mass is 10.1. The van der Waals surface area contributed by atoms with E-state index in [1.807, 2.05) is 0 Å². The van der Waals surface area contributed by atoms with Crippen molar-refractivity contribution in [1.82, 2.24) is 4.90 Å². The predicted molar refractivity (Wildman–Crippen MR) is 77.7 cm³/mol. The van der Waals surface area contributed by atoms with Crippen LogP contribution in [0.4, 0.5) is 5.69 Å². The Morgan fingerprint density at radius 1 is 1.26 bits per heavy atom. The van der Waals surface area contributed by atoms with E-state index in [9.17, 15) is 13.2 Å². The first-order chi connectivity index (χ1) is 8.89. The number of hydrogen-bond donors (Lipinski definition) is 1. The molecule has 0 bridgehead atoms. The molecule has 1 aromatic carbocycles. The van der Waals surface area contributed by atoms with Gasteiger partial charge in [0.05, 0.1) is 17.1 Å². The first-order valence-electron chi connectivity index (χ1n) is 5.94. The molecule has 2 N–H and O–H groups in total. The molecule has 104 valence electrons. The normalized spacial score (nSPS) is 18.9. The van der Waals surface area contributed by atoms with Crippen LogP contribution in [-0.2, 0) is 9.84 Å². The summed E-state index contributed by atoms with van der Waals surface area (Å²) in [7, 11) is -3.02. The van der Waals surface area contributed by atoms with E-state index in [0.717, 1.165) is 4.47 Å². The molecule has 1 aliphatic heterocycles. The van der Waals surface area contributed by atoms with Crippen molar-refractivity contribution < 1.29 is 13.2 Å². The number of rotatable bonds is 1. The fourth-order valence-electron chi connectivity index (χ4n) is 2.03. The van der Waals surface area contributed by atoms with Crippen LogP contribution < -0.4 is 5.73 Å². The Labute approximate surface area is 120 Å². The van der Waals surface area contributed by atoms with Crippen LogP contribution >= 0.6 is 15.9 Å². The Hall–Kier alpha value is -1.08. The maximum atomic E-state index is 12.4. The fourth-order valence-corrected chi connectivity index (χ4v) is 3.66. The van der Waals surface area contributed by atoms with Gasteiger partial charge in [-0.15, -0.1) is 0 Å². The van der Waals surface area contributed by atoms with Crippen molar-refractivity contribution in [2.45, 2.75) is 6.42 Å². The van der Waals surface area contributed by atoms with Gasteiger partial charge in [-0.2, -0.15) is 0 Å². The summed E-state index contributed by atoms with van der Waals surface area (Å²) >= 11 is 3.30. The molecule has 0 aliphatic carbocycles. The van der Waals surface area contributed by atoms with Crippen LogP contribution in [0.15, 0.2) is 22.7 Å². The molecular formula is C12H15BrN2O3S. The average molecular weight is 347 g/mol. The number of nitrogens with zero attached hydrogens (tertiary/aromatic N) is 1. The van der Waals surface area contributed by atoms with Crippen molar-refractivity contribution in [1.29, 1.82) is 0 Å². The Morgan fingerprint density at radius 2 is 2.00 bits per heavy atom. The van der Waals surface area contributed by atoms with Crippen molar-refractivity contribution in [3.8, 4) is 0 Å². The quantitative estimate of drug-likeness (QED) is 0.777. The lowest BCUT2D eigenvalue weighted by Gasteiger charge is -2.20. The molecule has 0 aromatic heterocycles. The molecule has 2 rings (SSSR count). The molecule has 1 aromatic rings. The minimum absolute atomic E-state index is 0.0205. The third-order valence-corrected chi connectivity index (χ3v) is 5.30. The fraction of sp³-hybridized carbons (Fsp3) is 0.417. The molecule has 1 heterocycles. The molecule has 1 amide bonds. The van der Waals surface area contributed by atoms with Crippen molar-refractivity contribution in [3.63, 3.8) is 0 Å². The van der Waals surface area contributed by atoms with Gasteiger partial charge >= 0.3 is 0 Å². The van der Waals surface area contributed by atoms with Gasteiger partial charge in [0, 0.05) is 23.2 Å². The lowest BCUT2D eigenvalue weighted by Crippen LogP contribution is -2.34. The second-order valence-corrected chi connectivity index (χ2v) is 7.75. The van der Waals surface area contributed by atoms with E-state index in [1.165, 1.54) is 0 Å². The van der Waals surface area contributed by atoms with Crippen molar-refractivity contribution >= 4 is 37.4 Å². The number of benzene rings is 1. The smallest absolute Gasteiger partial charge is 0.256 e. The lowest BCUT2D eigenvalue weighted by molar-refractivity contribution is 0.0769. The second-order valence-electron chi connectivity index (χ2n) is 4.53. The summed E-state index contributed by atoms with van der Waals surface area (Å²) in [6, 6.07) is 5.09. The SMILES string of the molecule is Nc1ccc(Br)cc1C(=O)N1CCCS(=O)(=O)CC1. The summed E-state index contributed by atoms with van der Waals surface area (Å²) in [6.45, 7) is 0.678. The first-order valence-corrected chi connectivity index (χ1v) is 8.55. The minimum Gasteiger partial charge on any atom is -0.398 e. The number of nitrogens with two attached hydrogens (primary N) is 1. The van der Waals surface area contributed by atoms with Crippen molar-refractivity contribution in [3.05, 3.63) is 28.2 Å². The van der Waals surface area contributed by atoms with Crippen LogP contribution in [0.3, 0.4) is 0 Å². The molecule has 5 nitrogen and oxygen atoms in total. The van der Waals surface area contributed by atoms with E-state index >= 15 is 0 Å². The molecule has 1 saturated heterocycles. The summed E-state index contributed by atoms with van der Waals surface area (Å²) in [4.78, 5) is 13.9. The number of carbonyl (C=O) groups is 1. The molecule has 7 heteroatoms. The molecular weight excluding hydrogens is 332 g/mol. The van der Waals surface area contributed by atoms with E-state index in [1.54, 1.807) is 23.1 Å². The highest BCUT2D eigenvalue weighted by atomic mass is 79.9. The van der Waals surface area contributed by atoms with Crippen molar-refractivity contribution in [2.75, 3.05) is 30.3 Å². The van der Waals surface area contributed by atoms with Gasteiger partial charge in [-0.3, -0.25) is 4.79 Å². The molecule has 0 saturated carbocycles. The first kappa shape index (κ1) is 14.3. The highest BCUT2D eigenvalue weighted by Gasteiger charge is 2.24. The zero-order valence-corrected chi connectivity index (χ0v) is 12.7. The van der Waals surface area contributed by atoms with Crippen molar-refractivity contribution in [2.24, 2.45) is 0 Å². The van der Waals surface area contributed by atoms with Gasteiger partial charge in [-0.05, 0) is 24.6 Å². The zero-order valence-electron chi connectivity index (χ0n) is 10.3. The standard InChI is InChI=1S/C12H15BrN2O3S/c13-9-2-3-11(14)10(8-9)12(16)15-4-1-6-19(17,18)7-5-15/h2-3,8H,1,4-7,14H2. The molecule has 1 fully saturated rings. The van der Waals surface area contributed by atoms with E-state index < -0.39 is 9.84 Å². The highest BCUT2D eigenvalue weighted by molar-refractivity contribution is 9.10. The highest BCUT2D eigenvalue weighted by Crippen LogP contribution is 2.21. The third-order valence-electron chi connectivity index (χ3n) is 3.09. The van der Waals surface area contributed by atoms with Crippen LogP contribution in [0.5, 0.6) is 0 Å². The minimum atomic E-state index is -3.02. The predicted octanol–water partition coefficient (Wildman–Crippen LogP) is 1.29. The summed E-state index contributed by atoms with van der Waals surface area (Å²) in [6.07, 6.45) is 0.474. The Bertz CT molecular complexity index is 601. The van der Waals surface area contributed by atoms with E-state index in [2.05, 4.69) is 15.9 Å². The van der Waals surface area contributed by atoms with E-state index in [-0.39, 0.29) is 24.0 Å². The summed E-state index contributed by atoms with van der Waals surface area (Å²) in [5.41, 5.74) is 6.62. The molecule has 19 heavy (non-hydrogen) atoms. The molecule has 1 aliphatic rings. The maximum absolute atomic E-state index is 12.4. The zero-order chi connectivity index (χ0) is 14.0. The average Bonchev–Trinajstić information content (AvgIpc) is 2.52. The Kier molecular flexibility index (Phi) is 4.15. The number of carbonyl (C=O) groups excluding carboxylic acids is 1. The molecule has 0 radical (unpaired) electrons. The number of nitrogen functional groups attached to an aromatic ring is 1. The van der Waals surface area contributed by atoms with Gasteiger partial charge in [0.2, 0.25) is 0 Å². The summed E-state index contributed by atoms with van der Waals surface area (Å²) in [5, 5.41) is 0. The van der Waals surface area contributed by atoms with Crippen LogP contribution in [0, 0.1) is 0 Å². The Balaban J connectivity index is 2.22. The molecule has 0 atom stereocenters. The monoisotopic (exact) mass is 346 g/mol. The summed E-state index contributed by atoms with van der Waals surface area (Å²) < 4.78 is 23.8. The number of anilines is 1. The van der Waals surface area contributed by atoms with E-state index in [0.29, 0.717) is 24.2 Å². The van der Waals surface area contributed by atoms with Crippen LogP contribution in [-0.4, -0.2) is 43.8 Å². The van der Waals surface area contributed by atoms with Gasteiger partial charge < -0.3 is 10.6 Å². The number of hydrogen-bond acceptors (Lipinski definition) is 4.